The van der Waals surface area contributed by atoms with Crippen molar-refractivity contribution in [3.63, 3.8) is 0 Å². The second-order valence-electron chi connectivity index (χ2n) is 5.44. The first kappa shape index (κ1) is 16.7. The summed E-state index contributed by atoms with van der Waals surface area (Å²) >= 11 is 5.97. The van der Waals surface area contributed by atoms with Crippen LogP contribution in [0, 0.1) is 5.41 Å². The van der Waals surface area contributed by atoms with Crippen LogP contribution >= 0.6 is 11.6 Å². The number of rotatable bonds is 6. The Morgan fingerprint density at radius 1 is 1.33 bits per heavy atom. The Kier molecular flexibility index (Phi) is 5.62. The number of halogens is 1. The largest absolute Gasteiger partial charge is 0.384 e. The van der Waals surface area contributed by atoms with E-state index in [1.165, 1.54) is 6.07 Å². The van der Waals surface area contributed by atoms with Gasteiger partial charge in [0.2, 0.25) is 10.0 Å². The predicted molar refractivity (Wildman–Crippen MR) is 83.1 cm³/mol. The molecule has 0 radical (unpaired) electrons. The average molecular weight is 333 g/mol. The highest BCUT2D eigenvalue weighted by Crippen LogP contribution is 2.29. The quantitative estimate of drug-likeness (QED) is 0.831. The van der Waals surface area contributed by atoms with E-state index in [2.05, 4.69) is 10.0 Å². The summed E-state index contributed by atoms with van der Waals surface area (Å²) in [6.07, 6.45) is 1.76. The summed E-state index contributed by atoms with van der Waals surface area (Å²) in [6, 6.07) is 6.46. The summed E-state index contributed by atoms with van der Waals surface area (Å²) in [6.45, 7) is 2.64. The van der Waals surface area contributed by atoms with Gasteiger partial charge in [-0.05, 0) is 38.1 Å². The van der Waals surface area contributed by atoms with Gasteiger partial charge in [-0.15, -0.1) is 0 Å². The van der Waals surface area contributed by atoms with Crippen molar-refractivity contribution in [1.29, 1.82) is 0 Å². The average Bonchev–Trinajstić information content (AvgIpc) is 2.47. The number of piperidine rings is 1. The fraction of sp³-hybridized carbons (Fsp3) is 0.571. The predicted octanol–water partition coefficient (Wildman–Crippen LogP) is 1.63. The molecule has 1 saturated heterocycles. The van der Waals surface area contributed by atoms with Crippen molar-refractivity contribution in [2.24, 2.45) is 5.41 Å². The molecule has 2 N–H and O–H groups in total. The van der Waals surface area contributed by atoms with Gasteiger partial charge in [0, 0.05) is 19.1 Å². The van der Waals surface area contributed by atoms with E-state index in [9.17, 15) is 8.42 Å². The van der Waals surface area contributed by atoms with Crippen molar-refractivity contribution in [1.82, 2.24) is 10.0 Å². The molecule has 118 valence electrons. The monoisotopic (exact) mass is 332 g/mol. The molecule has 21 heavy (non-hydrogen) atoms. The van der Waals surface area contributed by atoms with Crippen LogP contribution in [-0.4, -0.2) is 41.8 Å². The summed E-state index contributed by atoms with van der Waals surface area (Å²) in [5.74, 6) is 0. The topological polar surface area (TPSA) is 67.4 Å². The van der Waals surface area contributed by atoms with Crippen LogP contribution in [0.15, 0.2) is 29.2 Å². The Labute approximate surface area is 131 Å². The molecular weight excluding hydrogens is 312 g/mol. The zero-order chi connectivity index (χ0) is 15.3. The van der Waals surface area contributed by atoms with Gasteiger partial charge in [-0.2, -0.15) is 0 Å². The lowest BCUT2D eigenvalue weighted by Gasteiger charge is -2.37. The van der Waals surface area contributed by atoms with Gasteiger partial charge < -0.3 is 10.1 Å². The van der Waals surface area contributed by atoms with Crippen molar-refractivity contribution in [3.05, 3.63) is 29.3 Å². The highest BCUT2D eigenvalue weighted by molar-refractivity contribution is 7.89. The first-order chi connectivity index (χ1) is 9.99. The van der Waals surface area contributed by atoms with Crippen LogP contribution < -0.4 is 10.0 Å². The summed E-state index contributed by atoms with van der Waals surface area (Å²) in [5.41, 5.74) is -0.158. The Morgan fingerprint density at radius 2 is 2.00 bits per heavy atom. The number of benzene rings is 1. The number of sulfonamides is 1. The van der Waals surface area contributed by atoms with Gasteiger partial charge in [-0.1, -0.05) is 23.7 Å². The second-order valence-corrected chi connectivity index (χ2v) is 7.58. The molecular formula is C14H21ClN2O3S. The summed E-state index contributed by atoms with van der Waals surface area (Å²) in [5, 5.41) is 3.51. The van der Waals surface area contributed by atoms with Crippen LogP contribution in [0.4, 0.5) is 0 Å². The maximum Gasteiger partial charge on any atom is 0.242 e. The molecule has 0 aromatic heterocycles. The van der Waals surface area contributed by atoms with Gasteiger partial charge in [0.05, 0.1) is 11.6 Å². The van der Waals surface area contributed by atoms with Crippen molar-refractivity contribution in [2.75, 3.05) is 33.4 Å². The van der Waals surface area contributed by atoms with E-state index in [0.717, 1.165) is 25.9 Å². The zero-order valence-corrected chi connectivity index (χ0v) is 13.6. The maximum atomic E-state index is 12.4. The fourth-order valence-electron chi connectivity index (χ4n) is 2.62. The molecule has 0 atom stereocenters. The lowest BCUT2D eigenvalue weighted by Crippen LogP contribution is -2.47. The van der Waals surface area contributed by atoms with Gasteiger partial charge in [0.15, 0.2) is 0 Å². The maximum absolute atomic E-state index is 12.4. The molecule has 1 aromatic carbocycles. The van der Waals surface area contributed by atoms with E-state index in [1.54, 1.807) is 25.3 Å². The van der Waals surface area contributed by atoms with Crippen molar-refractivity contribution < 1.29 is 13.2 Å². The molecule has 7 heteroatoms. The summed E-state index contributed by atoms with van der Waals surface area (Å²) in [4.78, 5) is 0.119. The fourth-order valence-corrected chi connectivity index (χ4v) is 4.30. The second kappa shape index (κ2) is 7.07. The van der Waals surface area contributed by atoms with E-state index in [0.29, 0.717) is 13.2 Å². The Balaban J connectivity index is 2.11. The Morgan fingerprint density at radius 3 is 2.62 bits per heavy atom. The molecule has 1 aliphatic heterocycles. The third-order valence-electron chi connectivity index (χ3n) is 3.88. The van der Waals surface area contributed by atoms with E-state index < -0.39 is 10.0 Å². The number of nitrogens with one attached hydrogen (secondary N) is 2. The van der Waals surface area contributed by atoms with E-state index in [4.69, 9.17) is 16.3 Å². The Bertz CT molecular complexity index is 566. The molecule has 1 fully saturated rings. The molecule has 0 unspecified atom stereocenters. The van der Waals surface area contributed by atoms with E-state index >= 15 is 0 Å². The van der Waals surface area contributed by atoms with Gasteiger partial charge in [0.1, 0.15) is 4.90 Å². The molecule has 0 bridgehead atoms. The molecule has 0 amide bonds. The summed E-state index contributed by atoms with van der Waals surface area (Å²) < 4.78 is 32.8. The number of methoxy groups -OCH3 is 1. The Hall–Kier alpha value is -0.660. The molecule has 0 spiro atoms. The standard InChI is InChI=1S/C14H21ClN2O3S/c1-20-11-14(6-8-16-9-7-14)10-17-21(18,19)13-5-3-2-4-12(13)15/h2-5,16-17H,6-11H2,1H3. The lowest BCUT2D eigenvalue weighted by atomic mass is 9.80. The lowest BCUT2D eigenvalue weighted by molar-refractivity contribution is 0.0577. The van der Waals surface area contributed by atoms with Gasteiger partial charge >= 0.3 is 0 Å². The van der Waals surface area contributed by atoms with Crippen molar-refractivity contribution >= 4 is 21.6 Å². The molecule has 1 aliphatic rings. The molecule has 5 nitrogen and oxygen atoms in total. The minimum absolute atomic E-state index is 0.119. The van der Waals surface area contributed by atoms with Gasteiger partial charge in [-0.25, -0.2) is 13.1 Å². The van der Waals surface area contributed by atoms with Gasteiger partial charge in [-0.3, -0.25) is 0 Å². The van der Waals surface area contributed by atoms with Crippen LogP contribution in [0.2, 0.25) is 5.02 Å². The van der Waals surface area contributed by atoms with E-state index in [-0.39, 0.29) is 15.3 Å². The number of ether oxygens (including phenoxy) is 1. The zero-order valence-electron chi connectivity index (χ0n) is 12.1. The van der Waals surface area contributed by atoms with Crippen molar-refractivity contribution in [2.45, 2.75) is 17.7 Å². The molecule has 0 saturated carbocycles. The van der Waals surface area contributed by atoms with Crippen LogP contribution in [0.25, 0.3) is 0 Å². The molecule has 0 aliphatic carbocycles. The molecule has 2 rings (SSSR count). The summed E-state index contributed by atoms with van der Waals surface area (Å²) in [7, 11) is -1.96. The SMILES string of the molecule is COCC1(CNS(=O)(=O)c2ccccc2Cl)CCNCC1. The molecule has 1 aromatic rings. The number of hydrogen-bond donors (Lipinski definition) is 2. The first-order valence-corrected chi connectivity index (χ1v) is 8.79. The van der Waals surface area contributed by atoms with Crippen LogP contribution in [-0.2, 0) is 14.8 Å². The van der Waals surface area contributed by atoms with Crippen LogP contribution in [0.1, 0.15) is 12.8 Å². The van der Waals surface area contributed by atoms with E-state index in [1.807, 2.05) is 0 Å². The third kappa shape index (κ3) is 4.17. The highest BCUT2D eigenvalue weighted by atomic mass is 35.5. The number of hydrogen-bond acceptors (Lipinski definition) is 4. The van der Waals surface area contributed by atoms with Crippen LogP contribution in [0.5, 0.6) is 0 Å². The van der Waals surface area contributed by atoms with Crippen LogP contribution in [0.3, 0.4) is 0 Å². The smallest absolute Gasteiger partial charge is 0.242 e. The first-order valence-electron chi connectivity index (χ1n) is 6.93. The molecule has 1 heterocycles. The highest BCUT2D eigenvalue weighted by Gasteiger charge is 2.33. The normalized spacial score (nSPS) is 18.6. The minimum Gasteiger partial charge on any atom is -0.384 e. The third-order valence-corrected chi connectivity index (χ3v) is 5.78. The van der Waals surface area contributed by atoms with Gasteiger partial charge in [0.25, 0.3) is 0 Å². The minimum atomic E-state index is -3.60. The van der Waals surface area contributed by atoms with Crippen molar-refractivity contribution in [3.8, 4) is 0 Å².